The van der Waals surface area contributed by atoms with Gasteiger partial charge in [0.25, 0.3) is 0 Å². The van der Waals surface area contributed by atoms with Crippen molar-refractivity contribution in [3.05, 3.63) is 0 Å². The second-order valence-electron chi connectivity index (χ2n) is 5.85. The third-order valence-corrected chi connectivity index (χ3v) is 4.50. The minimum absolute atomic E-state index is 0.0167. The summed E-state index contributed by atoms with van der Waals surface area (Å²) in [5, 5.41) is 3.64. The summed E-state index contributed by atoms with van der Waals surface area (Å²) in [6.45, 7) is 3.52. The van der Waals surface area contributed by atoms with Crippen LogP contribution in [0, 0.1) is 11.8 Å². The van der Waals surface area contributed by atoms with Gasteiger partial charge in [0.2, 0.25) is 0 Å². The van der Waals surface area contributed by atoms with E-state index in [0.717, 1.165) is 31.7 Å². The number of nitrogens with one attached hydrogen (secondary N) is 1. The van der Waals surface area contributed by atoms with Gasteiger partial charge in [-0.05, 0) is 45.1 Å². The first-order valence-corrected chi connectivity index (χ1v) is 7.69. The monoisotopic (exact) mass is 253 g/mol. The molecule has 2 unspecified atom stereocenters. The van der Waals surface area contributed by atoms with Crippen LogP contribution >= 0.6 is 0 Å². The predicted octanol–water partition coefficient (Wildman–Crippen LogP) is 2.89. The minimum Gasteiger partial charge on any atom is -0.466 e. The van der Waals surface area contributed by atoms with Crippen LogP contribution in [0.3, 0.4) is 0 Å². The Labute approximate surface area is 111 Å². The van der Waals surface area contributed by atoms with Gasteiger partial charge in [0.15, 0.2) is 0 Å². The van der Waals surface area contributed by atoms with Gasteiger partial charge in [0.05, 0.1) is 12.5 Å². The van der Waals surface area contributed by atoms with Crippen LogP contribution in [0.5, 0.6) is 0 Å². The largest absolute Gasteiger partial charge is 0.466 e. The first-order chi connectivity index (χ1) is 8.79. The van der Waals surface area contributed by atoms with Crippen LogP contribution in [0.25, 0.3) is 0 Å². The van der Waals surface area contributed by atoms with E-state index in [1.165, 1.54) is 32.1 Å². The Morgan fingerprint density at radius 3 is 2.67 bits per heavy atom. The third kappa shape index (κ3) is 3.98. The molecule has 104 valence electrons. The van der Waals surface area contributed by atoms with Crippen LogP contribution in [0.2, 0.25) is 0 Å². The van der Waals surface area contributed by atoms with Crippen molar-refractivity contribution in [2.75, 3.05) is 13.2 Å². The van der Waals surface area contributed by atoms with Crippen LogP contribution in [-0.2, 0) is 9.53 Å². The zero-order chi connectivity index (χ0) is 12.8. The third-order valence-electron chi connectivity index (χ3n) is 4.50. The second kappa shape index (κ2) is 7.13. The number of hydrogen-bond donors (Lipinski definition) is 1. The van der Waals surface area contributed by atoms with Gasteiger partial charge in [-0.15, -0.1) is 0 Å². The first-order valence-electron chi connectivity index (χ1n) is 7.69. The quantitative estimate of drug-likeness (QED) is 0.740. The van der Waals surface area contributed by atoms with Gasteiger partial charge < -0.3 is 10.1 Å². The van der Waals surface area contributed by atoms with Gasteiger partial charge in [0.1, 0.15) is 0 Å². The van der Waals surface area contributed by atoms with Crippen LogP contribution in [0.1, 0.15) is 58.3 Å². The normalized spacial score (nSPS) is 28.7. The first kappa shape index (κ1) is 13.9. The van der Waals surface area contributed by atoms with E-state index in [1.807, 2.05) is 6.92 Å². The maximum atomic E-state index is 11.7. The predicted molar refractivity (Wildman–Crippen MR) is 72.3 cm³/mol. The molecular weight excluding hydrogens is 226 g/mol. The highest BCUT2D eigenvalue weighted by molar-refractivity contribution is 5.72. The Morgan fingerprint density at radius 2 is 2.00 bits per heavy atom. The summed E-state index contributed by atoms with van der Waals surface area (Å²) >= 11 is 0. The summed E-state index contributed by atoms with van der Waals surface area (Å²) in [5.74, 6) is 1.13. The molecule has 0 heterocycles. The fourth-order valence-corrected chi connectivity index (χ4v) is 3.12. The van der Waals surface area contributed by atoms with E-state index in [2.05, 4.69) is 5.32 Å². The number of carbonyl (C=O) groups is 1. The number of esters is 1. The maximum absolute atomic E-state index is 11.7. The molecule has 2 saturated carbocycles. The molecule has 0 saturated heterocycles. The molecule has 2 atom stereocenters. The minimum atomic E-state index is 0.0167. The van der Waals surface area contributed by atoms with E-state index in [1.54, 1.807) is 0 Å². The Morgan fingerprint density at radius 1 is 1.22 bits per heavy atom. The molecule has 1 N–H and O–H groups in total. The van der Waals surface area contributed by atoms with Crippen LogP contribution in [-0.4, -0.2) is 25.2 Å². The lowest BCUT2D eigenvalue weighted by atomic mass is 9.82. The van der Waals surface area contributed by atoms with Crippen molar-refractivity contribution in [3.8, 4) is 0 Å². The number of carbonyl (C=O) groups excluding carboxylic acids is 1. The fraction of sp³-hybridized carbons (Fsp3) is 0.933. The Balaban J connectivity index is 1.64. The average molecular weight is 253 g/mol. The lowest BCUT2D eigenvalue weighted by molar-refractivity contribution is -0.149. The van der Waals surface area contributed by atoms with Crippen molar-refractivity contribution in [1.29, 1.82) is 0 Å². The Hall–Kier alpha value is -0.570. The smallest absolute Gasteiger partial charge is 0.308 e. The molecule has 2 aliphatic carbocycles. The van der Waals surface area contributed by atoms with Crippen LogP contribution in [0.4, 0.5) is 0 Å². The van der Waals surface area contributed by atoms with Crippen molar-refractivity contribution in [2.24, 2.45) is 11.8 Å². The molecule has 0 aromatic rings. The standard InChI is InChI=1S/C15H27NO2/c1-2-18-15(17)13-7-4-8-14(11-13)16-10-9-12-5-3-6-12/h12-14,16H,2-11H2,1H3. The molecule has 2 fully saturated rings. The van der Waals surface area contributed by atoms with E-state index in [-0.39, 0.29) is 11.9 Å². The van der Waals surface area contributed by atoms with Crippen LogP contribution < -0.4 is 5.32 Å². The van der Waals surface area contributed by atoms with E-state index < -0.39 is 0 Å². The highest BCUT2D eigenvalue weighted by atomic mass is 16.5. The molecule has 3 nitrogen and oxygen atoms in total. The van der Waals surface area contributed by atoms with Gasteiger partial charge in [-0.3, -0.25) is 4.79 Å². The summed E-state index contributed by atoms with van der Waals surface area (Å²) in [6, 6.07) is 0.535. The molecule has 0 aromatic carbocycles. The van der Waals surface area contributed by atoms with Gasteiger partial charge in [-0.1, -0.05) is 25.7 Å². The molecule has 0 radical (unpaired) electrons. The number of ether oxygens (including phenoxy) is 1. The van der Waals surface area contributed by atoms with Gasteiger partial charge >= 0.3 is 5.97 Å². The molecule has 2 rings (SSSR count). The van der Waals surface area contributed by atoms with Gasteiger partial charge in [-0.2, -0.15) is 0 Å². The lowest BCUT2D eigenvalue weighted by Gasteiger charge is -2.30. The number of hydrogen-bond acceptors (Lipinski definition) is 3. The zero-order valence-corrected chi connectivity index (χ0v) is 11.6. The molecule has 0 aliphatic heterocycles. The van der Waals surface area contributed by atoms with Crippen molar-refractivity contribution in [3.63, 3.8) is 0 Å². The average Bonchev–Trinajstić information content (AvgIpc) is 2.33. The molecule has 0 amide bonds. The molecule has 0 bridgehead atoms. The summed E-state index contributed by atoms with van der Waals surface area (Å²) in [7, 11) is 0. The van der Waals surface area contributed by atoms with E-state index >= 15 is 0 Å². The molecule has 3 heteroatoms. The van der Waals surface area contributed by atoms with E-state index in [0.29, 0.717) is 12.6 Å². The highest BCUT2D eigenvalue weighted by Crippen LogP contribution is 2.29. The Kier molecular flexibility index (Phi) is 5.48. The van der Waals surface area contributed by atoms with Gasteiger partial charge in [0, 0.05) is 6.04 Å². The van der Waals surface area contributed by atoms with Crippen LogP contribution in [0.15, 0.2) is 0 Å². The Bertz CT molecular complexity index is 263. The number of rotatable bonds is 6. The zero-order valence-electron chi connectivity index (χ0n) is 11.6. The van der Waals surface area contributed by atoms with Crippen molar-refractivity contribution < 1.29 is 9.53 Å². The maximum Gasteiger partial charge on any atom is 0.308 e. The van der Waals surface area contributed by atoms with Crippen molar-refractivity contribution in [1.82, 2.24) is 5.32 Å². The topological polar surface area (TPSA) is 38.3 Å². The summed E-state index contributed by atoms with van der Waals surface area (Å²) < 4.78 is 5.13. The second-order valence-corrected chi connectivity index (χ2v) is 5.85. The molecular formula is C15H27NO2. The summed E-state index contributed by atoms with van der Waals surface area (Å²) in [4.78, 5) is 11.7. The van der Waals surface area contributed by atoms with Crippen molar-refractivity contribution >= 4 is 5.97 Å². The SMILES string of the molecule is CCOC(=O)C1CCCC(NCCC2CCC2)C1. The summed E-state index contributed by atoms with van der Waals surface area (Å²) in [5.41, 5.74) is 0. The molecule has 0 aromatic heterocycles. The fourth-order valence-electron chi connectivity index (χ4n) is 3.12. The highest BCUT2D eigenvalue weighted by Gasteiger charge is 2.28. The van der Waals surface area contributed by atoms with Crippen molar-refractivity contribution in [2.45, 2.75) is 64.3 Å². The molecule has 2 aliphatic rings. The summed E-state index contributed by atoms with van der Waals surface area (Å²) in [6.07, 6.45) is 9.98. The van der Waals surface area contributed by atoms with E-state index in [4.69, 9.17) is 4.74 Å². The molecule has 18 heavy (non-hydrogen) atoms. The lowest BCUT2D eigenvalue weighted by Crippen LogP contribution is -2.38. The van der Waals surface area contributed by atoms with Gasteiger partial charge in [-0.25, -0.2) is 0 Å². The molecule has 0 spiro atoms. The van der Waals surface area contributed by atoms with E-state index in [9.17, 15) is 4.79 Å².